The second kappa shape index (κ2) is 13.7. The van der Waals surface area contributed by atoms with E-state index >= 15 is 0 Å². The lowest BCUT2D eigenvalue weighted by molar-refractivity contribution is -0.154. The van der Waals surface area contributed by atoms with Crippen LogP contribution in [-0.2, 0) is 25.6 Å². The van der Waals surface area contributed by atoms with Gasteiger partial charge in [0.25, 0.3) is 0 Å². The Balaban J connectivity index is 1.95. The fourth-order valence-electron chi connectivity index (χ4n) is 3.92. The van der Waals surface area contributed by atoms with Crippen LogP contribution in [0.5, 0.6) is 5.75 Å². The molecule has 0 saturated carbocycles. The minimum absolute atomic E-state index is 0.141. The Morgan fingerprint density at radius 3 is 2.36 bits per heavy atom. The molecule has 1 N–H and O–H groups in total. The van der Waals surface area contributed by atoms with Gasteiger partial charge < -0.3 is 19.5 Å². The summed E-state index contributed by atoms with van der Waals surface area (Å²) in [6.07, 6.45) is 3.10. The Hall–Kier alpha value is -1.96. The van der Waals surface area contributed by atoms with Gasteiger partial charge in [-0.15, -0.1) is 0 Å². The second-order valence-electron chi connectivity index (χ2n) is 9.34. The highest BCUT2D eigenvalue weighted by atomic mass is 16.5. The number of rotatable bonds is 14. The summed E-state index contributed by atoms with van der Waals surface area (Å²) < 4.78 is 15.9. The van der Waals surface area contributed by atoms with Gasteiger partial charge in [0, 0.05) is 33.2 Å². The van der Waals surface area contributed by atoms with Crippen molar-refractivity contribution in [3.8, 4) is 5.75 Å². The third-order valence-electron chi connectivity index (χ3n) is 6.78. The highest BCUT2D eigenvalue weighted by Gasteiger charge is 2.36. The molecule has 1 fully saturated rings. The molecule has 0 bridgehead atoms. The zero-order chi connectivity index (χ0) is 24.3. The summed E-state index contributed by atoms with van der Waals surface area (Å²) in [5, 5.41) is 3.72. The van der Waals surface area contributed by atoms with E-state index in [9.17, 15) is 9.59 Å². The lowest BCUT2D eigenvalue weighted by Gasteiger charge is -2.42. The quantitative estimate of drug-likeness (QED) is 0.335. The fourth-order valence-corrected chi connectivity index (χ4v) is 3.92. The molecule has 1 aromatic carbocycles. The molecule has 7 heteroatoms. The lowest BCUT2D eigenvalue weighted by Crippen LogP contribution is -2.57. The van der Waals surface area contributed by atoms with E-state index in [-0.39, 0.29) is 17.7 Å². The first-order valence-electron chi connectivity index (χ1n) is 12.1. The molecule has 0 spiro atoms. The summed E-state index contributed by atoms with van der Waals surface area (Å²) in [5.41, 5.74) is 0.996. The number of esters is 1. The van der Waals surface area contributed by atoms with Crippen LogP contribution in [0.3, 0.4) is 0 Å². The van der Waals surface area contributed by atoms with Gasteiger partial charge in [-0.3, -0.25) is 14.5 Å². The third kappa shape index (κ3) is 8.72. The number of piperidine rings is 1. The number of ether oxygens (including phenoxy) is 3. The summed E-state index contributed by atoms with van der Waals surface area (Å²) >= 11 is 0. The number of nitrogens with zero attached hydrogens (tertiary/aromatic N) is 1. The standard InChI is InChI=1S/C26H42N2O5/c1-6-20(2)17-27-26(19-33-25(30)21(3)24(29)11-16-31-4)12-14-28(15-13-26)18-22-7-9-23(32-5)10-8-22/h7-10,20-21,27H,6,11-19H2,1-5H3/t20-,21?/m1/s1. The number of Topliss-reactive ketones (excluding diaryl/α,β-unsaturated/α-hetero) is 1. The monoisotopic (exact) mass is 462 g/mol. The smallest absolute Gasteiger partial charge is 0.316 e. The van der Waals surface area contributed by atoms with Crippen molar-refractivity contribution in [2.75, 3.05) is 47.1 Å². The number of ketones is 1. The van der Waals surface area contributed by atoms with Crippen molar-refractivity contribution in [3.63, 3.8) is 0 Å². The molecule has 1 heterocycles. The SMILES string of the molecule is CC[C@@H](C)CNC1(COC(=O)C(C)C(=O)CCOC)CCN(Cc2ccc(OC)cc2)CC1. The van der Waals surface area contributed by atoms with E-state index in [1.165, 1.54) is 5.56 Å². The van der Waals surface area contributed by atoms with Crippen molar-refractivity contribution in [1.29, 1.82) is 0 Å². The molecule has 1 unspecified atom stereocenters. The van der Waals surface area contributed by atoms with Crippen molar-refractivity contribution >= 4 is 11.8 Å². The van der Waals surface area contributed by atoms with Crippen LogP contribution < -0.4 is 10.1 Å². The highest BCUT2D eigenvalue weighted by molar-refractivity contribution is 5.98. The number of methoxy groups -OCH3 is 2. The molecule has 1 aliphatic rings. The Morgan fingerprint density at radius 2 is 1.79 bits per heavy atom. The predicted molar refractivity (Wildman–Crippen MR) is 129 cm³/mol. The minimum Gasteiger partial charge on any atom is -0.497 e. The maximum absolute atomic E-state index is 12.6. The number of benzene rings is 1. The third-order valence-corrected chi connectivity index (χ3v) is 6.78. The maximum Gasteiger partial charge on any atom is 0.316 e. The van der Waals surface area contributed by atoms with Crippen LogP contribution in [-0.4, -0.2) is 69.3 Å². The van der Waals surface area contributed by atoms with Crippen molar-refractivity contribution in [3.05, 3.63) is 29.8 Å². The second-order valence-corrected chi connectivity index (χ2v) is 9.34. The summed E-state index contributed by atoms with van der Waals surface area (Å²) in [4.78, 5) is 27.2. The molecule has 1 saturated heterocycles. The summed E-state index contributed by atoms with van der Waals surface area (Å²) in [5.74, 6) is 0.0630. The molecule has 2 rings (SSSR count). The number of carbonyl (C=O) groups is 2. The van der Waals surface area contributed by atoms with E-state index < -0.39 is 11.9 Å². The van der Waals surface area contributed by atoms with Crippen molar-refractivity contribution in [2.24, 2.45) is 11.8 Å². The summed E-state index contributed by atoms with van der Waals surface area (Å²) in [6, 6.07) is 8.19. The molecule has 1 aliphatic heterocycles. The van der Waals surface area contributed by atoms with Gasteiger partial charge in [-0.1, -0.05) is 32.4 Å². The van der Waals surface area contributed by atoms with Crippen molar-refractivity contribution in [1.82, 2.24) is 10.2 Å². The van der Waals surface area contributed by atoms with Crippen molar-refractivity contribution < 1.29 is 23.8 Å². The number of nitrogens with one attached hydrogen (secondary N) is 1. The van der Waals surface area contributed by atoms with E-state index in [2.05, 4.69) is 36.2 Å². The van der Waals surface area contributed by atoms with Crippen LogP contribution in [0.2, 0.25) is 0 Å². The van der Waals surface area contributed by atoms with E-state index in [1.807, 2.05) is 12.1 Å². The van der Waals surface area contributed by atoms with Gasteiger partial charge in [-0.05, 0) is 49.9 Å². The van der Waals surface area contributed by atoms with E-state index in [0.717, 1.165) is 51.2 Å². The van der Waals surface area contributed by atoms with Crippen LogP contribution in [0, 0.1) is 11.8 Å². The fraction of sp³-hybridized carbons (Fsp3) is 0.692. The van der Waals surface area contributed by atoms with Gasteiger partial charge in [-0.25, -0.2) is 0 Å². The Labute approximate surface area is 199 Å². The van der Waals surface area contributed by atoms with Gasteiger partial charge >= 0.3 is 5.97 Å². The first-order valence-corrected chi connectivity index (χ1v) is 12.1. The molecular formula is C26H42N2O5. The first kappa shape index (κ1) is 27.3. The summed E-state index contributed by atoms with van der Waals surface area (Å²) in [6.45, 7) is 10.2. The van der Waals surface area contributed by atoms with Crippen LogP contribution in [0.1, 0.15) is 52.0 Å². The maximum atomic E-state index is 12.6. The lowest BCUT2D eigenvalue weighted by atomic mass is 9.87. The molecular weight excluding hydrogens is 420 g/mol. The Kier molecular flexibility index (Phi) is 11.3. The molecule has 186 valence electrons. The van der Waals surface area contributed by atoms with Crippen LogP contribution in [0.25, 0.3) is 0 Å². The molecule has 7 nitrogen and oxygen atoms in total. The van der Waals surface area contributed by atoms with Gasteiger partial charge in [-0.2, -0.15) is 0 Å². The number of hydrogen-bond donors (Lipinski definition) is 1. The number of carbonyl (C=O) groups excluding carboxylic acids is 2. The van der Waals surface area contributed by atoms with Crippen LogP contribution in [0.4, 0.5) is 0 Å². The zero-order valence-electron chi connectivity index (χ0n) is 21.0. The molecule has 1 aromatic rings. The van der Waals surface area contributed by atoms with Crippen molar-refractivity contribution in [2.45, 2.75) is 58.5 Å². The Morgan fingerprint density at radius 1 is 1.12 bits per heavy atom. The average Bonchev–Trinajstić information content (AvgIpc) is 2.85. The molecule has 0 radical (unpaired) electrons. The largest absolute Gasteiger partial charge is 0.497 e. The Bertz CT molecular complexity index is 729. The van der Waals surface area contributed by atoms with Gasteiger partial charge in [0.2, 0.25) is 0 Å². The van der Waals surface area contributed by atoms with E-state index in [1.54, 1.807) is 21.1 Å². The van der Waals surface area contributed by atoms with Crippen LogP contribution >= 0.6 is 0 Å². The minimum atomic E-state index is -0.762. The first-order chi connectivity index (χ1) is 15.8. The molecule has 0 amide bonds. The zero-order valence-corrected chi connectivity index (χ0v) is 21.0. The molecule has 0 aromatic heterocycles. The van der Waals surface area contributed by atoms with Gasteiger partial charge in [0.15, 0.2) is 0 Å². The summed E-state index contributed by atoms with van der Waals surface area (Å²) in [7, 11) is 3.22. The molecule has 2 atom stereocenters. The predicted octanol–water partition coefficient (Wildman–Crippen LogP) is 3.45. The van der Waals surface area contributed by atoms with E-state index in [4.69, 9.17) is 14.2 Å². The highest BCUT2D eigenvalue weighted by Crippen LogP contribution is 2.26. The molecule has 0 aliphatic carbocycles. The van der Waals surface area contributed by atoms with Gasteiger partial charge in [0.05, 0.1) is 19.3 Å². The normalized spacial score (nSPS) is 17.8. The number of likely N-dealkylation sites (tertiary alicyclic amines) is 1. The van der Waals surface area contributed by atoms with E-state index in [0.29, 0.717) is 19.1 Å². The van der Waals surface area contributed by atoms with Gasteiger partial charge in [0.1, 0.15) is 24.1 Å². The topological polar surface area (TPSA) is 77.1 Å². The van der Waals surface area contributed by atoms with Crippen LogP contribution in [0.15, 0.2) is 24.3 Å². The molecule has 33 heavy (non-hydrogen) atoms. The number of hydrogen-bond acceptors (Lipinski definition) is 7. The average molecular weight is 463 g/mol.